The van der Waals surface area contributed by atoms with Crippen LogP contribution in [-0.2, 0) is 20.3 Å². The molecule has 0 aliphatic heterocycles. The van der Waals surface area contributed by atoms with E-state index in [1.165, 1.54) is 30.6 Å². The van der Waals surface area contributed by atoms with E-state index in [1.807, 2.05) is 0 Å². The zero-order chi connectivity index (χ0) is 21.8. The van der Waals surface area contributed by atoms with Gasteiger partial charge in [-0.05, 0) is 36.4 Å². The molecule has 0 aliphatic carbocycles. The van der Waals surface area contributed by atoms with E-state index in [-0.39, 0.29) is 36.4 Å². The van der Waals surface area contributed by atoms with Crippen LogP contribution in [0.1, 0.15) is 21.8 Å². The number of rotatable bonds is 7. The second kappa shape index (κ2) is 8.76. The molecule has 10 heteroatoms. The number of carbonyl (C=O) groups is 1. The molecule has 0 atom stereocenters. The average Bonchev–Trinajstić information content (AvgIpc) is 3.38. The Labute approximate surface area is 176 Å². The number of aromatic nitrogens is 4. The second-order valence-corrected chi connectivity index (χ2v) is 6.62. The van der Waals surface area contributed by atoms with Crippen molar-refractivity contribution in [3.05, 3.63) is 77.8 Å². The van der Waals surface area contributed by atoms with Crippen LogP contribution in [0, 0.1) is 5.82 Å². The lowest BCUT2D eigenvalue weighted by Gasteiger charge is -2.08. The van der Waals surface area contributed by atoms with Gasteiger partial charge in [-0.3, -0.25) is 9.48 Å². The first-order chi connectivity index (χ1) is 15.0. The SMILES string of the molecule is Cn1cc(NC(=O)c2ccc(OCc3c(-c4ccc(F)cc4)noc3CO)cn2)cn1. The molecule has 158 valence electrons. The molecule has 0 radical (unpaired) electrons. The molecule has 0 fully saturated rings. The van der Waals surface area contributed by atoms with Crippen molar-refractivity contribution in [2.75, 3.05) is 5.32 Å². The molecule has 0 aliphatic rings. The molecule has 0 bridgehead atoms. The normalized spacial score (nSPS) is 10.8. The maximum absolute atomic E-state index is 13.2. The van der Waals surface area contributed by atoms with Gasteiger partial charge in [0.2, 0.25) is 0 Å². The molecule has 0 unspecified atom stereocenters. The number of pyridine rings is 1. The van der Waals surface area contributed by atoms with Gasteiger partial charge in [-0.25, -0.2) is 9.37 Å². The Morgan fingerprint density at radius 3 is 2.68 bits per heavy atom. The van der Waals surface area contributed by atoms with Crippen LogP contribution in [-0.4, -0.2) is 30.9 Å². The number of amides is 1. The van der Waals surface area contributed by atoms with Gasteiger partial charge < -0.3 is 19.7 Å². The quantitative estimate of drug-likeness (QED) is 0.470. The summed E-state index contributed by atoms with van der Waals surface area (Å²) in [6.45, 7) is -0.326. The minimum atomic E-state index is -0.375. The fraction of sp³-hybridized carbons (Fsp3) is 0.143. The van der Waals surface area contributed by atoms with E-state index in [0.29, 0.717) is 28.3 Å². The molecule has 3 aromatic heterocycles. The van der Waals surface area contributed by atoms with Crippen molar-refractivity contribution in [2.24, 2.45) is 7.05 Å². The number of nitrogens with zero attached hydrogens (tertiary/aromatic N) is 4. The zero-order valence-electron chi connectivity index (χ0n) is 16.4. The highest BCUT2D eigenvalue weighted by Crippen LogP contribution is 2.27. The molecule has 0 saturated heterocycles. The summed E-state index contributed by atoms with van der Waals surface area (Å²) in [4.78, 5) is 16.4. The van der Waals surface area contributed by atoms with E-state index in [2.05, 4.69) is 20.6 Å². The van der Waals surface area contributed by atoms with Crippen LogP contribution in [0.5, 0.6) is 5.75 Å². The minimum absolute atomic E-state index is 0.0367. The molecule has 2 N–H and O–H groups in total. The third-order valence-electron chi connectivity index (χ3n) is 4.45. The maximum atomic E-state index is 13.2. The summed E-state index contributed by atoms with van der Waals surface area (Å²) >= 11 is 0. The van der Waals surface area contributed by atoms with E-state index in [0.717, 1.165) is 0 Å². The van der Waals surface area contributed by atoms with Gasteiger partial charge in [0.1, 0.15) is 36.2 Å². The molecule has 3 heterocycles. The van der Waals surface area contributed by atoms with Crippen LogP contribution in [0.3, 0.4) is 0 Å². The monoisotopic (exact) mass is 423 g/mol. The first kappa shape index (κ1) is 20.2. The van der Waals surface area contributed by atoms with Crippen molar-refractivity contribution in [1.29, 1.82) is 0 Å². The number of benzene rings is 1. The lowest BCUT2D eigenvalue weighted by atomic mass is 10.1. The van der Waals surface area contributed by atoms with Crippen LogP contribution in [0.25, 0.3) is 11.3 Å². The topological polar surface area (TPSA) is 115 Å². The standard InChI is InChI=1S/C21H18FN5O4/c1-27-10-15(8-24-27)25-21(29)18-7-6-16(9-23-18)30-12-17-19(11-28)31-26-20(17)13-2-4-14(22)5-3-13/h2-10,28H,11-12H2,1H3,(H,25,29). The highest BCUT2D eigenvalue weighted by Gasteiger charge is 2.18. The molecular formula is C21H18FN5O4. The van der Waals surface area contributed by atoms with Gasteiger partial charge in [0.15, 0.2) is 5.76 Å². The average molecular weight is 423 g/mol. The smallest absolute Gasteiger partial charge is 0.274 e. The Morgan fingerprint density at radius 2 is 2.03 bits per heavy atom. The first-order valence-corrected chi connectivity index (χ1v) is 9.26. The number of hydrogen-bond donors (Lipinski definition) is 2. The molecular weight excluding hydrogens is 405 g/mol. The van der Waals surface area contributed by atoms with Crippen LogP contribution >= 0.6 is 0 Å². The van der Waals surface area contributed by atoms with E-state index >= 15 is 0 Å². The van der Waals surface area contributed by atoms with Gasteiger partial charge >= 0.3 is 0 Å². The van der Waals surface area contributed by atoms with Crippen LogP contribution < -0.4 is 10.1 Å². The predicted octanol–water partition coefficient (Wildman–Crippen LogP) is 2.93. The second-order valence-electron chi connectivity index (χ2n) is 6.62. The van der Waals surface area contributed by atoms with Crippen molar-refractivity contribution in [3.8, 4) is 17.0 Å². The fourth-order valence-electron chi connectivity index (χ4n) is 2.89. The van der Waals surface area contributed by atoms with E-state index in [4.69, 9.17) is 9.26 Å². The number of carbonyl (C=O) groups excluding carboxylic acids is 1. The van der Waals surface area contributed by atoms with E-state index in [1.54, 1.807) is 36.1 Å². The highest BCUT2D eigenvalue weighted by molar-refractivity contribution is 6.02. The molecule has 31 heavy (non-hydrogen) atoms. The van der Waals surface area contributed by atoms with Crippen LogP contribution in [0.2, 0.25) is 0 Å². The summed E-state index contributed by atoms with van der Waals surface area (Å²) < 4.78 is 25.7. The lowest BCUT2D eigenvalue weighted by molar-refractivity contribution is 0.102. The lowest BCUT2D eigenvalue weighted by Crippen LogP contribution is -2.13. The number of aliphatic hydroxyl groups is 1. The number of aliphatic hydroxyl groups excluding tert-OH is 1. The highest BCUT2D eigenvalue weighted by atomic mass is 19.1. The van der Waals surface area contributed by atoms with Gasteiger partial charge in [-0.1, -0.05) is 5.16 Å². The molecule has 0 saturated carbocycles. The largest absolute Gasteiger partial charge is 0.487 e. The Bertz CT molecular complexity index is 1190. The zero-order valence-corrected chi connectivity index (χ0v) is 16.4. The molecule has 4 rings (SSSR count). The molecule has 0 spiro atoms. The van der Waals surface area contributed by atoms with Crippen LogP contribution in [0.15, 0.2) is 59.5 Å². The number of anilines is 1. The summed E-state index contributed by atoms with van der Waals surface area (Å²) in [7, 11) is 1.75. The first-order valence-electron chi connectivity index (χ1n) is 9.26. The van der Waals surface area contributed by atoms with Crippen molar-refractivity contribution in [2.45, 2.75) is 13.2 Å². The molecule has 1 aromatic carbocycles. The van der Waals surface area contributed by atoms with E-state index < -0.39 is 0 Å². The predicted molar refractivity (Wildman–Crippen MR) is 108 cm³/mol. The van der Waals surface area contributed by atoms with Crippen molar-refractivity contribution >= 4 is 11.6 Å². The fourth-order valence-corrected chi connectivity index (χ4v) is 2.89. The number of hydrogen-bond acceptors (Lipinski definition) is 7. The number of aryl methyl sites for hydroxylation is 1. The Hall–Kier alpha value is -4.05. The van der Waals surface area contributed by atoms with Crippen molar-refractivity contribution < 1.29 is 23.6 Å². The van der Waals surface area contributed by atoms with Crippen molar-refractivity contribution in [1.82, 2.24) is 19.9 Å². The van der Waals surface area contributed by atoms with Gasteiger partial charge in [0, 0.05) is 18.8 Å². The number of ether oxygens (including phenoxy) is 1. The molecule has 9 nitrogen and oxygen atoms in total. The Morgan fingerprint density at radius 1 is 1.23 bits per heavy atom. The van der Waals surface area contributed by atoms with Crippen molar-refractivity contribution in [3.63, 3.8) is 0 Å². The van der Waals surface area contributed by atoms with Gasteiger partial charge in [-0.2, -0.15) is 5.10 Å². The third-order valence-corrected chi connectivity index (χ3v) is 4.45. The summed E-state index contributed by atoms with van der Waals surface area (Å²) in [6, 6.07) is 8.89. The molecule has 1 amide bonds. The third kappa shape index (κ3) is 4.59. The Balaban J connectivity index is 1.45. The van der Waals surface area contributed by atoms with Gasteiger partial charge in [0.25, 0.3) is 5.91 Å². The van der Waals surface area contributed by atoms with Crippen LogP contribution in [0.4, 0.5) is 10.1 Å². The van der Waals surface area contributed by atoms with Gasteiger partial charge in [-0.15, -0.1) is 0 Å². The Kier molecular flexibility index (Phi) is 5.72. The summed E-state index contributed by atoms with van der Waals surface area (Å²) in [5.41, 5.74) is 2.39. The summed E-state index contributed by atoms with van der Waals surface area (Å²) in [6.07, 6.45) is 4.62. The summed E-state index contributed by atoms with van der Waals surface area (Å²) in [5.74, 6) is -0.0845. The molecule has 4 aromatic rings. The minimum Gasteiger partial charge on any atom is -0.487 e. The van der Waals surface area contributed by atoms with E-state index in [9.17, 15) is 14.3 Å². The number of nitrogens with one attached hydrogen (secondary N) is 1. The maximum Gasteiger partial charge on any atom is 0.274 e. The van der Waals surface area contributed by atoms with Gasteiger partial charge in [0.05, 0.1) is 23.6 Å². The number of halogens is 1. The summed E-state index contributed by atoms with van der Waals surface area (Å²) in [5, 5.41) is 20.2.